The summed E-state index contributed by atoms with van der Waals surface area (Å²) in [6, 6.07) is 0.334. The van der Waals surface area contributed by atoms with E-state index in [1.165, 1.54) is 4.88 Å². The van der Waals surface area contributed by atoms with Gasteiger partial charge in [0.2, 0.25) is 0 Å². The van der Waals surface area contributed by atoms with Crippen LogP contribution in [0.3, 0.4) is 0 Å². The Hall–Kier alpha value is -0.450. The highest BCUT2D eigenvalue weighted by Crippen LogP contribution is 2.07. The molecule has 4 heteroatoms. The van der Waals surface area contributed by atoms with Crippen LogP contribution in [0.25, 0.3) is 0 Å². The molecule has 3 nitrogen and oxygen atoms in total. The van der Waals surface area contributed by atoms with E-state index in [1.54, 1.807) is 11.3 Å². The van der Waals surface area contributed by atoms with Crippen molar-refractivity contribution in [1.82, 2.24) is 10.4 Å². The number of nitrogens with zero attached hydrogens (tertiary/aromatic N) is 1. The van der Waals surface area contributed by atoms with Crippen LogP contribution in [0.4, 0.5) is 0 Å². The molecule has 3 N–H and O–H groups in total. The minimum Gasteiger partial charge on any atom is -0.271 e. The van der Waals surface area contributed by atoms with Gasteiger partial charge in [0.15, 0.2) is 0 Å². The van der Waals surface area contributed by atoms with Crippen LogP contribution in [0, 0.1) is 0 Å². The van der Waals surface area contributed by atoms with Crippen LogP contribution in [0.5, 0.6) is 0 Å². The van der Waals surface area contributed by atoms with Gasteiger partial charge in [-0.15, -0.1) is 11.3 Å². The van der Waals surface area contributed by atoms with Gasteiger partial charge < -0.3 is 0 Å². The Bertz CT molecular complexity index is 173. The van der Waals surface area contributed by atoms with Crippen molar-refractivity contribution >= 4 is 11.3 Å². The molecule has 1 rings (SSSR count). The number of nitrogens with two attached hydrogens (primary N) is 1. The summed E-state index contributed by atoms with van der Waals surface area (Å²) < 4.78 is 0. The number of nitrogens with one attached hydrogen (secondary N) is 1. The third-order valence-electron chi connectivity index (χ3n) is 1.28. The Labute approximate surface area is 64.2 Å². The van der Waals surface area contributed by atoms with Gasteiger partial charge in [0.25, 0.3) is 0 Å². The number of rotatable bonds is 3. The second-order valence-electron chi connectivity index (χ2n) is 2.24. The summed E-state index contributed by atoms with van der Waals surface area (Å²) in [6.07, 6.45) is 2.83. The van der Waals surface area contributed by atoms with E-state index in [9.17, 15) is 0 Å². The summed E-state index contributed by atoms with van der Waals surface area (Å²) in [5, 5.41) is 0. The summed E-state index contributed by atoms with van der Waals surface area (Å²) >= 11 is 1.66. The van der Waals surface area contributed by atoms with Crippen LogP contribution in [-0.2, 0) is 6.42 Å². The van der Waals surface area contributed by atoms with Crippen molar-refractivity contribution in [3.05, 3.63) is 16.6 Å². The van der Waals surface area contributed by atoms with E-state index in [-0.39, 0.29) is 0 Å². The van der Waals surface area contributed by atoms with E-state index in [2.05, 4.69) is 10.4 Å². The third kappa shape index (κ3) is 2.06. The zero-order chi connectivity index (χ0) is 7.40. The predicted octanol–water partition coefficient (Wildman–Crippen LogP) is 0.537. The van der Waals surface area contributed by atoms with E-state index in [1.807, 2.05) is 18.6 Å². The molecular formula is C6H11N3S. The molecule has 1 aromatic heterocycles. The van der Waals surface area contributed by atoms with Gasteiger partial charge >= 0.3 is 0 Å². The third-order valence-corrected chi connectivity index (χ3v) is 2.08. The molecule has 0 fully saturated rings. The van der Waals surface area contributed by atoms with Crippen LogP contribution in [0.1, 0.15) is 11.8 Å². The summed E-state index contributed by atoms with van der Waals surface area (Å²) in [5.74, 6) is 5.22. The topological polar surface area (TPSA) is 50.9 Å². The van der Waals surface area contributed by atoms with Crippen LogP contribution in [0.2, 0.25) is 0 Å². The van der Waals surface area contributed by atoms with Crippen molar-refractivity contribution in [3.8, 4) is 0 Å². The molecule has 0 aliphatic carbocycles. The fraction of sp³-hybridized carbons (Fsp3) is 0.500. The Morgan fingerprint density at radius 1 is 1.90 bits per heavy atom. The molecule has 56 valence electrons. The van der Waals surface area contributed by atoms with Crippen LogP contribution in [0.15, 0.2) is 11.7 Å². The smallest absolute Gasteiger partial charge is 0.0794 e. The Morgan fingerprint density at radius 2 is 2.70 bits per heavy atom. The second-order valence-corrected chi connectivity index (χ2v) is 3.21. The average Bonchev–Trinajstić information content (AvgIpc) is 2.40. The van der Waals surface area contributed by atoms with Crippen molar-refractivity contribution in [2.45, 2.75) is 19.4 Å². The van der Waals surface area contributed by atoms with Crippen molar-refractivity contribution in [3.63, 3.8) is 0 Å². The minimum atomic E-state index is 0.334. The highest BCUT2D eigenvalue weighted by molar-refractivity contribution is 7.09. The lowest BCUT2D eigenvalue weighted by atomic mass is 10.2. The molecule has 0 spiro atoms. The zero-order valence-electron chi connectivity index (χ0n) is 5.87. The van der Waals surface area contributed by atoms with E-state index >= 15 is 0 Å². The molecule has 10 heavy (non-hydrogen) atoms. The van der Waals surface area contributed by atoms with Crippen LogP contribution >= 0.6 is 11.3 Å². The number of thiazole rings is 1. The zero-order valence-corrected chi connectivity index (χ0v) is 6.69. The lowest BCUT2D eigenvalue weighted by Crippen LogP contribution is -2.33. The first-order chi connectivity index (χ1) is 4.83. The minimum absolute atomic E-state index is 0.334. The quantitative estimate of drug-likeness (QED) is 0.497. The Kier molecular flexibility index (Phi) is 2.80. The summed E-state index contributed by atoms with van der Waals surface area (Å²) in [5.41, 5.74) is 4.51. The molecule has 1 unspecified atom stereocenters. The van der Waals surface area contributed by atoms with Gasteiger partial charge in [-0.1, -0.05) is 0 Å². The SMILES string of the molecule is CC(Cc1cncs1)NN. The first-order valence-electron chi connectivity index (χ1n) is 3.16. The Morgan fingerprint density at radius 3 is 3.20 bits per heavy atom. The van der Waals surface area contributed by atoms with E-state index in [0.717, 1.165) is 6.42 Å². The van der Waals surface area contributed by atoms with E-state index in [0.29, 0.717) is 6.04 Å². The number of aromatic nitrogens is 1. The molecule has 1 heterocycles. The van der Waals surface area contributed by atoms with Gasteiger partial charge in [0.05, 0.1) is 5.51 Å². The van der Waals surface area contributed by atoms with Crippen molar-refractivity contribution < 1.29 is 0 Å². The number of hydrogen-bond acceptors (Lipinski definition) is 4. The molecule has 0 aliphatic rings. The largest absolute Gasteiger partial charge is 0.271 e. The Balaban J connectivity index is 2.40. The molecule has 1 aromatic rings. The molecule has 0 amide bonds. The molecule has 0 aliphatic heterocycles. The molecule has 0 saturated heterocycles. The van der Waals surface area contributed by atoms with E-state index < -0.39 is 0 Å². The van der Waals surface area contributed by atoms with E-state index in [4.69, 9.17) is 5.84 Å². The van der Waals surface area contributed by atoms with Crippen LogP contribution in [-0.4, -0.2) is 11.0 Å². The molecule has 0 saturated carbocycles. The van der Waals surface area contributed by atoms with Gasteiger partial charge in [0.1, 0.15) is 0 Å². The maximum Gasteiger partial charge on any atom is 0.0794 e. The lowest BCUT2D eigenvalue weighted by Gasteiger charge is -2.05. The maximum absolute atomic E-state index is 5.22. The van der Waals surface area contributed by atoms with Gasteiger partial charge in [-0.2, -0.15) is 0 Å². The molecule has 0 aromatic carbocycles. The number of hydrogen-bond donors (Lipinski definition) is 2. The summed E-state index contributed by atoms with van der Waals surface area (Å²) in [6.45, 7) is 2.04. The lowest BCUT2D eigenvalue weighted by molar-refractivity contribution is 0.571. The average molecular weight is 157 g/mol. The normalized spacial score (nSPS) is 13.4. The first-order valence-corrected chi connectivity index (χ1v) is 4.04. The van der Waals surface area contributed by atoms with Gasteiger partial charge in [0, 0.05) is 17.1 Å². The number of hydrazine groups is 1. The first kappa shape index (κ1) is 7.65. The van der Waals surface area contributed by atoms with Crippen molar-refractivity contribution in [1.29, 1.82) is 0 Å². The predicted molar refractivity (Wildman–Crippen MR) is 42.6 cm³/mol. The van der Waals surface area contributed by atoms with Crippen LogP contribution < -0.4 is 11.3 Å². The monoisotopic (exact) mass is 157 g/mol. The second kappa shape index (κ2) is 3.65. The van der Waals surface area contributed by atoms with Gasteiger partial charge in [-0.05, 0) is 13.3 Å². The molecule has 0 radical (unpaired) electrons. The fourth-order valence-electron chi connectivity index (χ4n) is 0.704. The summed E-state index contributed by atoms with van der Waals surface area (Å²) in [4.78, 5) is 5.23. The molecule has 1 atom stereocenters. The fourth-order valence-corrected chi connectivity index (χ4v) is 1.43. The molecule has 0 bridgehead atoms. The van der Waals surface area contributed by atoms with Gasteiger partial charge in [-0.25, -0.2) is 0 Å². The molecular weight excluding hydrogens is 146 g/mol. The summed E-state index contributed by atoms with van der Waals surface area (Å²) in [7, 11) is 0. The highest BCUT2D eigenvalue weighted by Gasteiger charge is 2.00. The standard InChI is InChI=1S/C6H11N3S/c1-5(9-7)2-6-3-8-4-10-6/h3-5,9H,2,7H2,1H3. The highest BCUT2D eigenvalue weighted by atomic mass is 32.1. The maximum atomic E-state index is 5.22. The van der Waals surface area contributed by atoms with Crippen molar-refractivity contribution in [2.24, 2.45) is 5.84 Å². The van der Waals surface area contributed by atoms with Crippen molar-refractivity contribution in [2.75, 3.05) is 0 Å². The van der Waals surface area contributed by atoms with Gasteiger partial charge in [-0.3, -0.25) is 16.3 Å².